The Morgan fingerprint density at radius 2 is 1.90 bits per heavy atom. The van der Waals surface area contributed by atoms with Crippen LogP contribution in [0.4, 0.5) is 0 Å². The fourth-order valence-corrected chi connectivity index (χ4v) is 2.72. The lowest BCUT2D eigenvalue weighted by Crippen LogP contribution is -2.41. The Hall–Kier alpha value is -1.29. The van der Waals surface area contributed by atoms with Gasteiger partial charge in [0.1, 0.15) is 4.90 Å². The molecular formula is C11H17ClN4O4S. The van der Waals surface area contributed by atoms with Crippen LogP contribution in [-0.4, -0.2) is 74.4 Å². The molecular weight excluding hydrogens is 320 g/mol. The van der Waals surface area contributed by atoms with Gasteiger partial charge in [0, 0.05) is 27.7 Å². The molecule has 10 heteroatoms. The van der Waals surface area contributed by atoms with Crippen molar-refractivity contribution in [1.82, 2.24) is 19.2 Å². The highest BCUT2D eigenvalue weighted by Gasteiger charge is 2.27. The smallest absolute Gasteiger partial charge is 0.246 e. The van der Waals surface area contributed by atoms with Crippen LogP contribution in [0.25, 0.3) is 0 Å². The van der Waals surface area contributed by atoms with Crippen molar-refractivity contribution in [2.45, 2.75) is 4.90 Å². The minimum absolute atomic E-state index is 0.0427. The van der Waals surface area contributed by atoms with Crippen LogP contribution in [0.15, 0.2) is 17.3 Å². The number of nitrogens with zero attached hydrogens (tertiary/aromatic N) is 4. The summed E-state index contributed by atoms with van der Waals surface area (Å²) in [7, 11) is 0.653. The number of halogens is 1. The summed E-state index contributed by atoms with van der Waals surface area (Å²) in [4.78, 5) is 20.2. The molecule has 1 aromatic heterocycles. The minimum Gasteiger partial charge on any atom is -0.383 e. The molecule has 0 aliphatic carbocycles. The largest absolute Gasteiger partial charge is 0.383 e. The highest BCUT2D eigenvalue weighted by Crippen LogP contribution is 2.14. The molecule has 1 heterocycles. The van der Waals surface area contributed by atoms with Gasteiger partial charge in [-0.05, 0) is 11.6 Å². The zero-order valence-corrected chi connectivity index (χ0v) is 13.6. The van der Waals surface area contributed by atoms with Crippen molar-refractivity contribution in [3.63, 3.8) is 0 Å². The van der Waals surface area contributed by atoms with Gasteiger partial charge in [-0.2, -0.15) is 4.31 Å². The van der Waals surface area contributed by atoms with Crippen LogP contribution in [0.1, 0.15) is 0 Å². The van der Waals surface area contributed by atoms with Crippen molar-refractivity contribution in [2.75, 3.05) is 40.9 Å². The zero-order chi connectivity index (χ0) is 16.0. The number of aromatic nitrogens is 2. The summed E-state index contributed by atoms with van der Waals surface area (Å²) in [5.74, 6) is -0.343. The summed E-state index contributed by atoms with van der Waals surface area (Å²) in [6.07, 6.45) is 2.20. The molecule has 1 aromatic rings. The van der Waals surface area contributed by atoms with Gasteiger partial charge >= 0.3 is 0 Å². The first-order chi connectivity index (χ1) is 9.78. The Bertz CT molecular complexity index is 576. The van der Waals surface area contributed by atoms with Gasteiger partial charge in [0.2, 0.25) is 21.2 Å². The molecule has 0 spiro atoms. The number of carbonyl (C=O) groups excluding carboxylic acids is 1. The Labute approximate surface area is 128 Å². The Balaban J connectivity index is 3.04. The topological polar surface area (TPSA) is 92.7 Å². The molecule has 8 nitrogen and oxygen atoms in total. The Morgan fingerprint density at radius 3 is 2.38 bits per heavy atom. The van der Waals surface area contributed by atoms with E-state index in [0.717, 1.165) is 16.7 Å². The monoisotopic (exact) mass is 336 g/mol. The first kappa shape index (κ1) is 17.8. The quantitative estimate of drug-likeness (QED) is 0.643. The summed E-state index contributed by atoms with van der Waals surface area (Å²) in [6, 6.07) is 0. The predicted molar refractivity (Wildman–Crippen MR) is 76.4 cm³/mol. The van der Waals surface area contributed by atoms with Crippen molar-refractivity contribution in [2.24, 2.45) is 0 Å². The average Bonchev–Trinajstić information content (AvgIpc) is 2.43. The molecule has 0 aliphatic rings. The van der Waals surface area contributed by atoms with Crippen LogP contribution >= 0.6 is 11.6 Å². The van der Waals surface area contributed by atoms with Crippen molar-refractivity contribution in [1.29, 1.82) is 0 Å². The molecule has 0 aliphatic heterocycles. The number of hydrogen-bond donors (Lipinski definition) is 0. The number of likely N-dealkylation sites (N-methyl/N-ethyl adjacent to an activating group) is 1. The second-order valence-corrected chi connectivity index (χ2v) is 6.58. The lowest BCUT2D eigenvalue weighted by Gasteiger charge is -2.22. The normalized spacial score (nSPS) is 11.7. The molecule has 1 rings (SSSR count). The van der Waals surface area contributed by atoms with Gasteiger partial charge in [-0.1, -0.05) is 0 Å². The summed E-state index contributed by atoms with van der Waals surface area (Å²) >= 11 is 5.54. The number of amides is 1. The average molecular weight is 337 g/mol. The Kier molecular flexibility index (Phi) is 6.46. The van der Waals surface area contributed by atoms with E-state index in [1.807, 2.05) is 0 Å². The van der Waals surface area contributed by atoms with E-state index in [1.54, 1.807) is 14.1 Å². The first-order valence-corrected chi connectivity index (χ1v) is 7.77. The maximum Gasteiger partial charge on any atom is 0.246 e. The molecule has 0 saturated heterocycles. The number of methoxy groups -OCH3 is 1. The number of rotatable bonds is 7. The van der Waals surface area contributed by atoms with Crippen LogP contribution in [-0.2, 0) is 19.6 Å². The van der Waals surface area contributed by atoms with Gasteiger partial charge in [0.25, 0.3) is 0 Å². The molecule has 0 N–H and O–H groups in total. The highest BCUT2D eigenvalue weighted by atomic mass is 35.5. The Morgan fingerprint density at radius 1 is 1.33 bits per heavy atom. The van der Waals surface area contributed by atoms with Crippen molar-refractivity contribution < 1.29 is 17.9 Å². The van der Waals surface area contributed by atoms with Crippen molar-refractivity contribution in [3.8, 4) is 0 Å². The van der Waals surface area contributed by atoms with Crippen molar-refractivity contribution in [3.05, 3.63) is 17.7 Å². The van der Waals surface area contributed by atoms with E-state index in [4.69, 9.17) is 16.3 Å². The van der Waals surface area contributed by atoms with Gasteiger partial charge in [-0.3, -0.25) is 4.79 Å². The number of ether oxygens (including phenoxy) is 1. The van der Waals surface area contributed by atoms with E-state index in [9.17, 15) is 13.2 Å². The molecule has 0 unspecified atom stereocenters. The molecule has 21 heavy (non-hydrogen) atoms. The van der Waals surface area contributed by atoms with Crippen LogP contribution in [0.5, 0.6) is 0 Å². The summed E-state index contributed by atoms with van der Waals surface area (Å²) in [5.41, 5.74) is 0. The van der Waals surface area contributed by atoms with Gasteiger partial charge in [0.15, 0.2) is 0 Å². The summed E-state index contributed by atoms with van der Waals surface area (Å²) in [5, 5.41) is -0.0539. The number of hydrogen-bond acceptors (Lipinski definition) is 6. The number of sulfonamides is 1. The van der Waals surface area contributed by atoms with E-state index in [-0.39, 0.29) is 35.8 Å². The van der Waals surface area contributed by atoms with E-state index in [2.05, 4.69) is 9.97 Å². The summed E-state index contributed by atoms with van der Waals surface area (Å²) < 4.78 is 30.9. The van der Waals surface area contributed by atoms with E-state index in [1.165, 1.54) is 12.0 Å². The zero-order valence-electron chi connectivity index (χ0n) is 12.0. The molecule has 0 bridgehead atoms. The summed E-state index contributed by atoms with van der Waals surface area (Å²) in [6.45, 7) is -0.0866. The van der Waals surface area contributed by atoms with Gasteiger partial charge < -0.3 is 9.64 Å². The van der Waals surface area contributed by atoms with Crippen LogP contribution in [0.2, 0.25) is 5.28 Å². The van der Waals surface area contributed by atoms with Crippen molar-refractivity contribution >= 4 is 27.5 Å². The fraction of sp³-hybridized carbons (Fsp3) is 0.545. The molecule has 118 valence electrons. The third-order valence-corrected chi connectivity index (χ3v) is 4.58. The van der Waals surface area contributed by atoms with Crippen LogP contribution in [0, 0.1) is 0 Å². The van der Waals surface area contributed by atoms with E-state index >= 15 is 0 Å². The molecule has 1 amide bonds. The second kappa shape index (κ2) is 7.64. The van der Waals surface area contributed by atoms with Gasteiger partial charge in [-0.25, -0.2) is 18.4 Å². The second-order valence-electron chi connectivity index (χ2n) is 4.31. The molecule has 0 atom stereocenters. The SMILES string of the molecule is COCCN(CC(=O)N(C)C)S(=O)(=O)c1cnc(Cl)nc1. The van der Waals surface area contributed by atoms with Crippen LogP contribution < -0.4 is 0 Å². The standard InChI is InChI=1S/C11H17ClN4O4S/c1-15(2)10(17)8-16(4-5-20-3)21(18,19)9-6-13-11(12)14-7-9/h6-7H,4-5,8H2,1-3H3. The molecule has 0 fully saturated rings. The third kappa shape index (κ3) is 4.88. The maximum atomic E-state index is 12.5. The highest BCUT2D eigenvalue weighted by molar-refractivity contribution is 7.89. The van der Waals surface area contributed by atoms with E-state index < -0.39 is 10.0 Å². The molecule has 0 saturated carbocycles. The molecule has 0 aromatic carbocycles. The van der Waals surface area contributed by atoms with Gasteiger partial charge in [-0.15, -0.1) is 0 Å². The lowest BCUT2D eigenvalue weighted by atomic mass is 10.5. The minimum atomic E-state index is -3.90. The van der Waals surface area contributed by atoms with E-state index in [0.29, 0.717) is 0 Å². The maximum absolute atomic E-state index is 12.5. The first-order valence-electron chi connectivity index (χ1n) is 5.96. The lowest BCUT2D eigenvalue weighted by molar-refractivity contribution is -0.128. The van der Waals surface area contributed by atoms with Crippen LogP contribution in [0.3, 0.4) is 0 Å². The fourth-order valence-electron chi connectivity index (χ4n) is 1.35. The number of carbonyl (C=O) groups is 1. The van der Waals surface area contributed by atoms with Gasteiger partial charge in [0.05, 0.1) is 25.5 Å². The molecule has 0 radical (unpaired) electrons. The third-order valence-electron chi connectivity index (χ3n) is 2.59. The predicted octanol–water partition coefficient (Wildman–Crippen LogP) is -0.145.